The Kier molecular flexibility index (Phi) is 6.42. The van der Waals surface area contributed by atoms with Gasteiger partial charge in [0.05, 0.1) is 0 Å². The Labute approximate surface area is 140 Å². The largest absolute Gasteiger partial charge is 0.369 e. The normalized spacial score (nSPS) is 17.3. The average molecular weight is 318 g/mol. The van der Waals surface area contributed by atoms with Crippen LogP contribution in [-0.2, 0) is 0 Å². The van der Waals surface area contributed by atoms with E-state index >= 15 is 0 Å². The van der Waals surface area contributed by atoms with Crippen LogP contribution in [0.4, 0.5) is 5.69 Å². The highest BCUT2D eigenvalue weighted by Crippen LogP contribution is 2.18. The van der Waals surface area contributed by atoms with Crippen LogP contribution in [0.25, 0.3) is 0 Å². The van der Waals surface area contributed by atoms with Gasteiger partial charge in [0.15, 0.2) is 0 Å². The van der Waals surface area contributed by atoms with E-state index in [1.807, 2.05) is 26.1 Å². The van der Waals surface area contributed by atoms with Crippen molar-refractivity contribution in [2.45, 2.75) is 32.9 Å². The zero-order valence-corrected chi connectivity index (χ0v) is 14.8. The van der Waals surface area contributed by atoms with Crippen molar-refractivity contribution in [1.29, 1.82) is 0 Å². The zero-order valence-electron chi connectivity index (χ0n) is 14.8. The predicted octanol–water partition coefficient (Wildman–Crippen LogP) is 1.55. The molecule has 5 heteroatoms. The van der Waals surface area contributed by atoms with Crippen LogP contribution in [0, 0.1) is 0 Å². The summed E-state index contributed by atoms with van der Waals surface area (Å²) in [7, 11) is 1.89. The summed E-state index contributed by atoms with van der Waals surface area (Å²) in [6, 6.07) is 8.84. The molecule has 1 fully saturated rings. The van der Waals surface area contributed by atoms with Crippen LogP contribution >= 0.6 is 0 Å². The number of carbonyl (C=O) groups is 1. The van der Waals surface area contributed by atoms with E-state index < -0.39 is 0 Å². The monoisotopic (exact) mass is 318 g/mol. The molecule has 23 heavy (non-hydrogen) atoms. The molecule has 0 aromatic heterocycles. The maximum absolute atomic E-state index is 12.1. The molecule has 128 valence electrons. The molecule has 0 bridgehead atoms. The number of nitrogens with zero attached hydrogens (tertiary/aromatic N) is 2. The van der Waals surface area contributed by atoms with Crippen molar-refractivity contribution in [1.82, 2.24) is 15.5 Å². The molecule has 1 heterocycles. The fourth-order valence-corrected chi connectivity index (χ4v) is 2.77. The molecular weight excluding hydrogens is 288 g/mol. The SMILES string of the molecule is CNC(C)CNC(=O)c1ccc(N2CCN(C(C)C)CC2)cc1. The number of likely N-dealkylation sites (N-methyl/N-ethyl adjacent to an activating group) is 1. The number of hydrogen-bond donors (Lipinski definition) is 2. The maximum atomic E-state index is 12.1. The van der Waals surface area contributed by atoms with Crippen LogP contribution in [0.5, 0.6) is 0 Å². The molecule has 1 aromatic carbocycles. The lowest BCUT2D eigenvalue weighted by Gasteiger charge is -2.38. The summed E-state index contributed by atoms with van der Waals surface area (Å²) in [6.45, 7) is 11.5. The maximum Gasteiger partial charge on any atom is 0.251 e. The Balaban J connectivity index is 1.88. The van der Waals surface area contributed by atoms with Gasteiger partial charge in [-0.15, -0.1) is 0 Å². The molecule has 0 spiro atoms. The molecule has 1 unspecified atom stereocenters. The van der Waals surface area contributed by atoms with Gasteiger partial charge in [0.2, 0.25) is 0 Å². The molecule has 1 atom stereocenters. The van der Waals surface area contributed by atoms with Crippen LogP contribution in [0.1, 0.15) is 31.1 Å². The fraction of sp³-hybridized carbons (Fsp3) is 0.611. The molecular formula is C18H30N4O. The number of rotatable bonds is 6. The van der Waals surface area contributed by atoms with E-state index in [0.29, 0.717) is 12.6 Å². The standard InChI is InChI=1S/C18H30N4O/c1-14(2)21-9-11-22(12-10-21)17-7-5-16(6-8-17)18(23)20-13-15(3)19-4/h5-8,14-15,19H,9-13H2,1-4H3,(H,20,23). The second-order valence-corrected chi connectivity index (χ2v) is 6.56. The van der Waals surface area contributed by atoms with Gasteiger partial charge in [0, 0.05) is 56.1 Å². The smallest absolute Gasteiger partial charge is 0.251 e. The van der Waals surface area contributed by atoms with Crippen LogP contribution in [-0.4, -0.2) is 62.7 Å². The molecule has 1 aromatic rings. The first-order chi connectivity index (χ1) is 11.0. The summed E-state index contributed by atoms with van der Waals surface area (Å²) in [4.78, 5) is 17.0. The fourth-order valence-electron chi connectivity index (χ4n) is 2.77. The van der Waals surface area contributed by atoms with Crippen molar-refractivity contribution in [3.8, 4) is 0 Å². The summed E-state index contributed by atoms with van der Waals surface area (Å²) in [5.41, 5.74) is 1.92. The van der Waals surface area contributed by atoms with Crippen molar-refractivity contribution >= 4 is 11.6 Å². The number of carbonyl (C=O) groups excluding carboxylic acids is 1. The Morgan fingerprint density at radius 1 is 1.09 bits per heavy atom. The average Bonchev–Trinajstić information content (AvgIpc) is 2.59. The van der Waals surface area contributed by atoms with Gasteiger partial charge >= 0.3 is 0 Å². The predicted molar refractivity (Wildman–Crippen MR) is 96.2 cm³/mol. The molecule has 0 aliphatic carbocycles. The summed E-state index contributed by atoms with van der Waals surface area (Å²) >= 11 is 0. The van der Waals surface area contributed by atoms with E-state index in [4.69, 9.17) is 0 Å². The Hall–Kier alpha value is -1.59. The van der Waals surface area contributed by atoms with Crippen LogP contribution in [0.15, 0.2) is 24.3 Å². The highest BCUT2D eigenvalue weighted by atomic mass is 16.1. The van der Waals surface area contributed by atoms with Gasteiger partial charge in [-0.25, -0.2) is 0 Å². The summed E-state index contributed by atoms with van der Waals surface area (Å²) in [6.07, 6.45) is 0. The van der Waals surface area contributed by atoms with Gasteiger partial charge in [0.25, 0.3) is 5.91 Å². The molecule has 2 rings (SSSR count). The molecule has 2 N–H and O–H groups in total. The van der Waals surface area contributed by atoms with Gasteiger partial charge < -0.3 is 15.5 Å². The zero-order chi connectivity index (χ0) is 16.8. The van der Waals surface area contributed by atoms with Crippen molar-refractivity contribution in [3.05, 3.63) is 29.8 Å². The Bertz CT molecular complexity index is 492. The first-order valence-corrected chi connectivity index (χ1v) is 8.55. The highest BCUT2D eigenvalue weighted by Gasteiger charge is 2.19. The third-order valence-corrected chi connectivity index (χ3v) is 4.60. The molecule has 1 saturated heterocycles. The summed E-state index contributed by atoms with van der Waals surface area (Å²) in [5.74, 6) is -0.0109. The number of anilines is 1. The quantitative estimate of drug-likeness (QED) is 0.836. The first-order valence-electron chi connectivity index (χ1n) is 8.55. The number of amides is 1. The van der Waals surface area contributed by atoms with E-state index in [9.17, 15) is 4.79 Å². The number of piperazine rings is 1. The van der Waals surface area contributed by atoms with Gasteiger partial charge in [-0.05, 0) is 52.1 Å². The Morgan fingerprint density at radius 2 is 1.70 bits per heavy atom. The third kappa shape index (κ3) is 4.94. The van der Waals surface area contributed by atoms with Gasteiger partial charge in [-0.3, -0.25) is 9.69 Å². The molecule has 0 radical (unpaired) electrons. The topological polar surface area (TPSA) is 47.6 Å². The minimum atomic E-state index is -0.0109. The number of benzene rings is 1. The van der Waals surface area contributed by atoms with Crippen molar-refractivity contribution in [3.63, 3.8) is 0 Å². The van der Waals surface area contributed by atoms with Crippen LogP contribution in [0.2, 0.25) is 0 Å². The third-order valence-electron chi connectivity index (χ3n) is 4.60. The lowest BCUT2D eigenvalue weighted by atomic mass is 10.1. The minimum absolute atomic E-state index is 0.0109. The number of hydrogen-bond acceptors (Lipinski definition) is 4. The molecule has 0 saturated carbocycles. The van der Waals surface area contributed by atoms with Gasteiger partial charge in [0.1, 0.15) is 0 Å². The molecule has 1 aliphatic heterocycles. The van der Waals surface area contributed by atoms with E-state index in [1.165, 1.54) is 5.69 Å². The van der Waals surface area contributed by atoms with E-state index in [-0.39, 0.29) is 11.9 Å². The lowest BCUT2D eigenvalue weighted by Crippen LogP contribution is -2.48. The first kappa shape index (κ1) is 17.8. The second-order valence-electron chi connectivity index (χ2n) is 6.56. The van der Waals surface area contributed by atoms with Gasteiger partial charge in [-0.1, -0.05) is 0 Å². The summed E-state index contributed by atoms with van der Waals surface area (Å²) < 4.78 is 0. The van der Waals surface area contributed by atoms with Gasteiger partial charge in [-0.2, -0.15) is 0 Å². The van der Waals surface area contributed by atoms with E-state index in [0.717, 1.165) is 31.7 Å². The van der Waals surface area contributed by atoms with Crippen LogP contribution in [0.3, 0.4) is 0 Å². The van der Waals surface area contributed by atoms with E-state index in [1.54, 1.807) is 0 Å². The van der Waals surface area contributed by atoms with E-state index in [2.05, 4.69) is 46.4 Å². The minimum Gasteiger partial charge on any atom is -0.369 e. The second kappa shape index (κ2) is 8.31. The van der Waals surface area contributed by atoms with Crippen molar-refractivity contribution in [2.75, 3.05) is 44.7 Å². The van der Waals surface area contributed by atoms with Crippen molar-refractivity contribution < 1.29 is 4.79 Å². The molecule has 1 aliphatic rings. The Morgan fingerprint density at radius 3 is 2.22 bits per heavy atom. The number of nitrogens with one attached hydrogen (secondary N) is 2. The summed E-state index contributed by atoms with van der Waals surface area (Å²) in [5, 5.41) is 6.06. The van der Waals surface area contributed by atoms with Crippen molar-refractivity contribution in [2.24, 2.45) is 0 Å². The highest BCUT2D eigenvalue weighted by molar-refractivity contribution is 5.94. The molecule has 1 amide bonds. The lowest BCUT2D eigenvalue weighted by molar-refractivity contribution is 0.0950. The molecule has 5 nitrogen and oxygen atoms in total. The van der Waals surface area contributed by atoms with Crippen LogP contribution < -0.4 is 15.5 Å².